The lowest BCUT2D eigenvalue weighted by Crippen LogP contribution is -1.93. The van der Waals surface area contributed by atoms with Crippen molar-refractivity contribution in [1.82, 2.24) is 15.2 Å². The summed E-state index contributed by atoms with van der Waals surface area (Å²) in [6, 6.07) is 5.23. The quantitative estimate of drug-likeness (QED) is 0.783. The molecule has 0 saturated heterocycles. The molecule has 0 amide bonds. The summed E-state index contributed by atoms with van der Waals surface area (Å²) in [7, 11) is 0. The second-order valence-electron chi connectivity index (χ2n) is 2.95. The first kappa shape index (κ1) is 11.6. The maximum Gasteiger partial charge on any atom is 0.208 e. The normalized spacial score (nSPS) is 10.4. The zero-order chi connectivity index (χ0) is 11.5. The number of hydrogen-bond donors (Lipinski definition) is 0. The summed E-state index contributed by atoms with van der Waals surface area (Å²) in [6.07, 6.45) is 3.54. The minimum absolute atomic E-state index is 0.542. The van der Waals surface area contributed by atoms with Gasteiger partial charge in [0, 0.05) is 10.6 Å². The van der Waals surface area contributed by atoms with Crippen LogP contribution in [0.3, 0.4) is 0 Å². The molecular weight excluding hydrogens is 265 g/mol. The van der Waals surface area contributed by atoms with Gasteiger partial charge in [-0.25, -0.2) is 4.98 Å². The summed E-state index contributed by atoms with van der Waals surface area (Å²) in [5.41, 5.74) is 1.41. The summed E-state index contributed by atoms with van der Waals surface area (Å²) in [6.45, 7) is 0. The molecule has 1 aromatic heterocycles. The summed E-state index contributed by atoms with van der Waals surface area (Å²) in [5.74, 6) is 0. The molecule has 0 radical (unpaired) electrons. The zero-order valence-corrected chi connectivity index (χ0v) is 10.6. The van der Waals surface area contributed by atoms with Crippen molar-refractivity contribution in [3.63, 3.8) is 0 Å². The fourth-order valence-corrected chi connectivity index (χ4v) is 1.96. The van der Waals surface area contributed by atoms with Gasteiger partial charge in [-0.15, -0.1) is 10.2 Å². The molecule has 1 aromatic carbocycles. The lowest BCUT2D eigenvalue weighted by Gasteiger charge is -2.03. The monoisotopic (exact) mass is 271 g/mol. The van der Waals surface area contributed by atoms with E-state index < -0.39 is 0 Å². The van der Waals surface area contributed by atoms with Gasteiger partial charge in [-0.1, -0.05) is 35.0 Å². The van der Waals surface area contributed by atoms with Gasteiger partial charge in [-0.2, -0.15) is 0 Å². The smallest absolute Gasteiger partial charge is 0.208 e. The van der Waals surface area contributed by atoms with Gasteiger partial charge in [0.25, 0.3) is 0 Å². The second kappa shape index (κ2) is 4.99. The van der Waals surface area contributed by atoms with Crippen LogP contribution in [0.1, 0.15) is 0 Å². The number of nitrogens with zero attached hydrogens (tertiary/aromatic N) is 3. The Balaban J connectivity index is 2.42. The summed E-state index contributed by atoms with van der Waals surface area (Å²) in [4.78, 5) is 4.13. The first-order valence-electron chi connectivity index (χ1n) is 4.40. The molecule has 0 bridgehead atoms. The third-order valence-electron chi connectivity index (χ3n) is 1.93. The Morgan fingerprint density at radius 1 is 1.19 bits per heavy atom. The van der Waals surface area contributed by atoms with Crippen LogP contribution in [0.4, 0.5) is 0 Å². The van der Waals surface area contributed by atoms with E-state index in [-0.39, 0.29) is 0 Å². The fraction of sp³-hybridized carbons (Fsp3) is 0.100. The van der Waals surface area contributed by atoms with Crippen LogP contribution in [0.5, 0.6) is 0 Å². The highest BCUT2D eigenvalue weighted by Gasteiger charge is 2.06. The van der Waals surface area contributed by atoms with Gasteiger partial charge >= 0.3 is 0 Å². The van der Waals surface area contributed by atoms with Crippen LogP contribution >= 0.6 is 35.0 Å². The van der Waals surface area contributed by atoms with Crippen molar-refractivity contribution >= 4 is 35.0 Å². The minimum atomic E-state index is 0.542. The summed E-state index contributed by atoms with van der Waals surface area (Å²) in [5, 5.41) is 9.77. The zero-order valence-electron chi connectivity index (χ0n) is 8.32. The molecule has 0 aliphatic heterocycles. The Morgan fingerprint density at radius 2 is 2.00 bits per heavy atom. The molecule has 82 valence electrons. The number of rotatable bonds is 2. The predicted octanol–water partition coefficient (Wildman–Crippen LogP) is 3.57. The van der Waals surface area contributed by atoms with Gasteiger partial charge in [0.2, 0.25) is 5.16 Å². The molecule has 1 heterocycles. The molecule has 0 unspecified atom stereocenters. The molecule has 0 fully saturated rings. The third kappa shape index (κ3) is 2.45. The van der Waals surface area contributed by atoms with Crippen LogP contribution in [0.15, 0.2) is 29.6 Å². The molecule has 3 nitrogen and oxygen atoms in total. The van der Waals surface area contributed by atoms with Gasteiger partial charge in [0.1, 0.15) is 5.69 Å². The Morgan fingerprint density at radius 3 is 2.56 bits per heavy atom. The van der Waals surface area contributed by atoms with E-state index in [0.717, 1.165) is 5.56 Å². The highest BCUT2D eigenvalue weighted by Crippen LogP contribution is 2.28. The predicted molar refractivity (Wildman–Crippen MR) is 67.1 cm³/mol. The number of aromatic nitrogens is 3. The Hall–Kier alpha value is -0.840. The number of hydrogen-bond acceptors (Lipinski definition) is 4. The standard InChI is InChI=1S/C10H7Cl2N3S/c1-16-10-13-5-9(14-15-10)7-3-2-6(11)4-8(7)12/h2-5H,1H3. The SMILES string of the molecule is CSc1ncc(-c2ccc(Cl)cc2Cl)nn1. The topological polar surface area (TPSA) is 38.7 Å². The van der Waals surface area contributed by atoms with E-state index in [4.69, 9.17) is 23.2 Å². The molecule has 0 saturated carbocycles. The minimum Gasteiger partial charge on any atom is -0.227 e. The molecule has 2 aromatic rings. The highest BCUT2D eigenvalue weighted by molar-refractivity contribution is 7.98. The van der Waals surface area contributed by atoms with Gasteiger partial charge in [-0.3, -0.25) is 0 Å². The number of halogens is 2. The first-order chi connectivity index (χ1) is 7.70. The van der Waals surface area contributed by atoms with Crippen molar-refractivity contribution in [3.05, 3.63) is 34.4 Å². The van der Waals surface area contributed by atoms with E-state index in [9.17, 15) is 0 Å². The van der Waals surface area contributed by atoms with Gasteiger partial charge in [0.15, 0.2) is 0 Å². The van der Waals surface area contributed by atoms with Crippen LogP contribution < -0.4 is 0 Å². The maximum absolute atomic E-state index is 6.05. The molecule has 2 rings (SSSR count). The van der Waals surface area contributed by atoms with E-state index in [1.54, 1.807) is 24.4 Å². The van der Waals surface area contributed by atoms with Crippen LogP contribution in [0, 0.1) is 0 Å². The summed E-state index contributed by atoms with van der Waals surface area (Å²) >= 11 is 13.3. The van der Waals surface area contributed by atoms with Crippen molar-refractivity contribution in [2.45, 2.75) is 5.16 Å². The van der Waals surface area contributed by atoms with E-state index >= 15 is 0 Å². The molecular formula is C10H7Cl2N3S. The van der Waals surface area contributed by atoms with Gasteiger partial charge in [0.05, 0.1) is 11.2 Å². The Kier molecular flexibility index (Phi) is 3.63. The van der Waals surface area contributed by atoms with E-state index in [2.05, 4.69) is 15.2 Å². The molecule has 0 atom stereocenters. The molecule has 0 aliphatic rings. The van der Waals surface area contributed by atoms with Crippen molar-refractivity contribution in [1.29, 1.82) is 0 Å². The lowest BCUT2D eigenvalue weighted by atomic mass is 10.2. The molecule has 6 heteroatoms. The van der Waals surface area contributed by atoms with Gasteiger partial charge in [-0.05, 0) is 24.5 Å². The average Bonchev–Trinajstić information content (AvgIpc) is 2.29. The van der Waals surface area contributed by atoms with Crippen LogP contribution in [0.2, 0.25) is 10.0 Å². The van der Waals surface area contributed by atoms with E-state index in [0.29, 0.717) is 20.9 Å². The van der Waals surface area contributed by atoms with Gasteiger partial charge < -0.3 is 0 Å². The fourth-order valence-electron chi connectivity index (χ4n) is 1.18. The maximum atomic E-state index is 6.05. The van der Waals surface area contributed by atoms with Crippen LogP contribution in [-0.2, 0) is 0 Å². The van der Waals surface area contributed by atoms with Crippen molar-refractivity contribution in [2.75, 3.05) is 6.26 Å². The molecule has 0 N–H and O–H groups in total. The van der Waals surface area contributed by atoms with Crippen LogP contribution in [-0.4, -0.2) is 21.4 Å². The molecule has 16 heavy (non-hydrogen) atoms. The molecule has 0 aliphatic carbocycles. The first-order valence-corrected chi connectivity index (χ1v) is 6.38. The number of thioether (sulfide) groups is 1. The van der Waals surface area contributed by atoms with Crippen molar-refractivity contribution in [2.24, 2.45) is 0 Å². The second-order valence-corrected chi connectivity index (χ2v) is 4.57. The van der Waals surface area contributed by atoms with Crippen molar-refractivity contribution in [3.8, 4) is 11.3 Å². The highest BCUT2D eigenvalue weighted by atomic mass is 35.5. The summed E-state index contributed by atoms with van der Waals surface area (Å²) < 4.78 is 0. The lowest BCUT2D eigenvalue weighted by molar-refractivity contribution is 0.847. The van der Waals surface area contributed by atoms with Crippen LogP contribution in [0.25, 0.3) is 11.3 Å². The van der Waals surface area contributed by atoms with Crippen molar-refractivity contribution < 1.29 is 0 Å². The number of benzene rings is 1. The average molecular weight is 272 g/mol. The van der Waals surface area contributed by atoms with E-state index in [1.165, 1.54) is 11.8 Å². The van der Waals surface area contributed by atoms with E-state index in [1.807, 2.05) is 6.26 Å². The molecule has 0 spiro atoms. The third-order valence-corrected chi connectivity index (χ3v) is 3.03. The Labute approximate surface area is 107 Å². The largest absolute Gasteiger partial charge is 0.227 e. The Bertz CT molecular complexity index is 502.